The SMILES string of the molecule is CC(NCCNC(=O)OC(C)(C)C)c1nn[nH]n1. The van der Waals surface area contributed by atoms with Crippen LogP contribution in [-0.2, 0) is 4.74 Å². The van der Waals surface area contributed by atoms with Gasteiger partial charge in [0.25, 0.3) is 0 Å². The minimum Gasteiger partial charge on any atom is -0.444 e. The summed E-state index contributed by atoms with van der Waals surface area (Å²) < 4.78 is 5.10. The lowest BCUT2D eigenvalue weighted by Gasteiger charge is -2.19. The monoisotopic (exact) mass is 256 g/mol. The zero-order valence-corrected chi connectivity index (χ0v) is 11.1. The van der Waals surface area contributed by atoms with Crippen LogP contribution in [0.4, 0.5) is 4.79 Å². The van der Waals surface area contributed by atoms with Gasteiger partial charge in [0.05, 0.1) is 6.04 Å². The van der Waals surface area contributed by atoms with Crippen molar-refractivity contribution in [3.8, 4) is 0 Å². The molecule has 0 radical (unpaired) electrons. The summed E-state index contributed by atoms with van der Waals surface area (Å²) in [4.78, 5) is 11.3. The maximum Gasteiger partial charge on any atom is 0.407 e. The summed E-state index contributed by atoms with van der Waals surface area (Å²) in [5.74, 6) is 0.590. The summed E-state index contributed by atoms with van der Waals surface area (Å²) in [7, 11) is 0. The third kappa shape index (κ3) is 5.58. The highest BCUT2D eigenvalue weighted by Crippen LogP contribution is 2.06. The zero-order chi connectivity index (χ0) is 13.6. The largest absolute Gasteiger partial charge is 0.444 e. The van der Waals surface area contributed by atoms with Gasteiger partial charge in [0.2, 0.25) is 0 Å². The standard InChI is InChI=1S/C10H20N6O2/c1-7(8-13-15-16-14-8)11-5-6-12-9(17)18-10(2,3)4/h7,11H,5-6H2,1-4H3,(H,12,17)(H,13,14,15,16). The highest BCUT2D eigenvalue weighted by Gasteiger charge is 2.15. The summed E-state index contributed by atoms with van der Waals surface area (Å²) in [6.07, 6.45) is -0.420. The summed E-state index contributed by atoms with van der Waals surface area (Å²) >= 11 is 0. The van der Waals surface area contributed by atoms with Crippen molar-refractivity contribution in [2.75, 3.05) is 13.1 Å². The number of alkyl carbamates (subject to hydrolysis) is 1. The number of nitrogens with one attached hydrogen (secondary N) is 3. The van der Waals surface area contributed by atoms with E-state index in [4.69, 9.17) is 4.74 Å². The number of rotatable bonds is 5. The number of amides is 1. The van der Waals surface area contributed by atoms with Crippen LogP contribution >= 0.6 is 0 Å². The molecule has 0 bridgehead atoms. The van der Waals surface area contributed by atoms with Gasteiger partial charge in [-0.3, -0.25) is 0 Å². The van der Waals surface area contributed by atoms with Crippen LogP contribution in [0.15, 0.2) is 0 Å². The van der Waals surface area contributed by atoms with Crippen molar-refractivity contribution in [3.05, 3.63) is 5.82 Å². The van der Waals surface area contributed by atoms with Gasteiger partial charge < -0.3 is 15.4 Å². The van der Waals surface area contributed by atoms with Gasteiger partial charge in [0, 0.05) is 13.1 Å². The molecule has 0 saturated heterocycles. The fraction of sp³-hybridized carbons (Fsp3) is 0.800. The van der Waals surface area contributed by atoms with Crippen LogP contribution in [0.2, 0.25) is 0 Å². The Morgan fingerprint density at radius 2 is 2.17 bits per heavy atom. The lowest BCUT2D eigenvalue weighted by atomic mass is 10.2. The summed E-state index contributed by atoms with van der Waals surface area (Å²) in [5.41, 5.74) is -0.477. The average molecular weight is 256 g/mol. The van der Waals surface area contributed by atoms with Gasteiger partial charge in [-0.25, -0.2) is 4.79 Å². The van der Waals surface area contributed by atoms with Crippen molar-refractivity contribution in [3.63, 3.8) is 0 Å². The molecule has 8 nitrogen and oxygen atoms in total. The summed E-state index contributed by atoms with van der Waals surface area (Å²) in [6, 6.07) is -0.0239. The number of aromatic nitrogens is 4. The van der Waals surface area contributed by atoms with Crippen molar-refractivity contribution in [1.82, 2.24) is 31.3 Å². The summed E-state index contributed by atoms with van der Waals surface area (Å²) in [6.45, 7) is 8.44. The minimum absolute atomic E-state index is 0.0239. The molecule has 1 aromatic rings. The van der Waals surface area contributed by atoms with Crippen molar-refractivity contribution in [1.29, 1.82) is 0 Å². The second-order valence-corrected chi connectivity index (χ2v) is 4.87. The fourth-order valence-electron chi connectivity index (χ4n) is 1.21. The number of aromatic amines is 1. The van der Waals surface area contributed by atoms with Crippen LogP contribution in [-0.4, -0.2) is 45.4 Å². The Labute approximate surface area is 106 Å². The van der Waals surface area contributed by atoms with Crippen LogP contribution in [0.5, 0.6) is 0 Å². The van der Waals surface area contributed by atoms with Crippen LogP contribution in [0.3, 0.4) is 0 Å². The van der Waals surface area contributed by atoms with Gasteiger partial charge in [-0.1, -0.05) is 5.21 Å². The van der Waals surface area contributed by atoms with E-state index in [-0.39, 0.29) is 6.04 Å². The molecule has 18 heavy (non-hydrogen) atoms. The maximum absolute atomic E-state index is 11.3. The molecule has 1 aromatic heterocycles. The molecular weight excluding hydrogens is 236 g/mol. The molecule has 0 aliphatic rings. The first-order chi connectivity index (χ1) is 8.38. The van der Waals surface area contributed by atoms with Crippen LogP contribution in [0, 0.1) is 0 Å². The molecule has 0 saturated carbocycles. The quantitative estimate of drug-likeness (QED) is 0.658. The maximum atomic E-state index is 11.3. The van der Waals surface area contributed by atoms with Crippen LogP contribution < -0.4 is 10.6 Å². The van der Waals surface area contributed by atoms with E-state index in [1.54, 1.807) is 0 Å². The molecule has 1 rings (SSSR count). The number of H-pyrrole nitrogens is 1. The van der Waals surface area contributed by atoms with Crippen LogP contribution in [0.25, 0.3) is 0 Å². The van der Waals surface area contributed by atoms with E-state index in [0.29, 0.717) is 18.9 Å². The van der Waals surface area contributed by atoms with E-state index in [2.05, 4.69) is 31.3 Å². The average Bonchev–Trinajstić information content (AvgIpc) is 2.74. The number of carbonyl (C=O) groups is 1. The van der Waals surface area contributed by atoms with E-state index < -0.39 is 11.7 Å². The predicted molar refractivity (Wildman–Crippen MR) is 64.8 cm³/mol. The van der Waals surface area contributed by atoms with Gasteiger partial charge in [0.15, 0.2) is 5.82 Å². The highest BCUT2D eigenvalue weighted by atomic mass is 16.6. The molecule has 1 unspecified atom stereocenters. The minimum atomic E-state index is -0.477. The normalized spacial score (nSPS) is 13.1. The van der Waals surface area contributed by atoms with E-state index in [0.717, 1.165) is 0 Å². The Morgan fingerprint density at radius 3 is 2.72 bits per heavy atom. The first kappa shape index (κ1) is 14.4. The molecule has 102 valence electrons. The Morgan fingerprint density at radius 1 is 1.44 bits per heavy atom. The molecule has 0 aliphatic carbocycles. The van der Waals surface area contributed by atoms with Crippen molar-refractivity contribution >= 4 is 6.09 Å². The van der Waals surface area contributed by atoms with E-state index in [9.17, 15) is 4.79 Å². The zero-order valence-electron chi connectivity index (χ0n) is 11.1. The number of tetrazole rings is 1. The third-order valence-corrected chi connectivity index (χ3v) is 1.99. The van der Waals surface area contributed by atoms with Crippen molar-refractivity contribution < 1.29 is 9.53 Å². The Kier molecular flexibility index (Phi) is 5.02. The van der Waals surface area contributed by atoms with Crippen molar-refractivity contribution in [2.45, 2.75) is 39.3 Å². The molecule has 0 fully saturated rings. The number of carbonyl (C=O) groups excluding carboxylic acids is 1. The van der Waals surface area contributed by atoms with Gasteiger partial charge in [-0.15, -0.1) is 10.2 Å². The molecular formula is C10H20N6O2. The molecule has 1 atom stereocenters. The van der Waals surface area contributed by atoms with E-state index in [1.807, 2.05) is 27.7 Å². The second-order valence-electron chi connectivity index (χ2n) is 4.87. The Hall–Kier alpha value is -1.70. The number of hydrogen-bond donors (Lipinski definition) is 3. The van der Waals surface area contributed by atoms with Crippen LogP contribution in [0.1, 0.15) is 39.6 Å². The first-order valence-electron chi connectivity index (χ1n) is 5.82. The van der Waals surface area contributed by atoms with Gasteiger partial charge >= 0.3 is 6.09 Å². The molecule has 0 spiro atoms. The predicted octanol–water partition coefficient (Wildman–Crippen LogP) is 0.375. The topological polar surface area (TPSA) is 105 Å². The summed E-state index contributed by atoms with van der Waals surface area (Å²) in [5, 5.41) is 19.4. The molecule has 1 heterocycles. The lowest BCUT2D eigenvalue weighted by molar-refractivity contribution is 0.0528. The molecule has 0 aromatic carbocycles. The van der Waals surface area contributed by atoms with E-state index in [1.165, 1.54) is 0 Å². The molecule has 0 aliphatic heterocycles. The number of nitrogens with zero attached hydrogens (tertiary/aromatic N) is 3. The smallest absolute Gasteiger partial charge is 0.407 e. The number of ether oxygens (including phenoxy) is 1. The van der Waals surface area contributed by atoms with Crippen molar-refractivity contribution in [2.24, 2.45) is 0 Å². The first-order valence-corrected chi connectivity index (χ1v) is 5.82. The highest BCUT2D eigenvalue weighted by molar-refractivity contribution is 5.67. The Balaban J connectivity index is 2.14. The third-order valence-electron chi connectivity index (χ3n) is 1.99. The van der Waals surface area contributed by atoms with Gasteiger partial charge in [-0.05, 0) is 27.7 Å². The second kappa shape index (κ2) is 6.29. The van der Waals surface area contributed by atoms with Gasteiger partial charge in [-0.2, -0.15) is 5.21 Å². The lowest BCUT2D eigenvalue weighted by Crippen LogP contribution is -2.37. The fourth-order valence-corrected chi connectivity index (χ4v) is 1.21. The molecule has 1 amide bonds. The van der Waals surface area contributed by atoms with E-state index >= 15 is 0 Å². The Bertz CT molecular complexity index is 359. The molecule has 8 heteroatoms. The number of hydrogen-bond acceptors (Lipinski definition) is 6. The van der Waals surface area contributed by atoms with Gasteiger partial charge in [0.1, 0.15) is 5.60 Å². The molecule has 3 N–H and O–H groups in total.